The first-order valence-corrected chi connectivity index (χ1v) is 11.0. The molecule has 0 amide bonds. The molecule has 7 nitrogen and oxygen atoms in total. The van der Waals surface area contributed by atoms with E-state index in [1.807, 2.05) is 12.1 Å². The number of aryl methyl sites for hydroxylation is 1. The lowest BCUT2D eigenvalue weighted by Gasteiger charge is -2.32. The average molecular weight is 569 g/mol. The Morgan fingerprint density at radius 2 is 1.67 bits per heavy atom. The van der Waals surface area contributed by atoms with Gasteiger partial charge in [-0.2, -0.15) is 0 Å². The van der Waals surface area contributed by atoms with Crippen LogP contribution < -0.4 is 24.8 Å². The lowest BCUT2D eigenvalue weighted by Crippen LogP contribution is -2.41. The maximum atomic E-state index is 6.15. The summed E-state index contributed by atoms with van der Waals surface area (Å²) in [7, 11) is 6.65. The number of aliphatic imine (C=N–C) groups is 1. The molecule has 2 aromatic rings. The highest BCUT2D eigenvalue weighted by atomic mass is 127. The minimum absolute atomic E-state index is 0. The lowest BCUT2D eigenvalue weighted by atomic mass is 9.89. The van der Waals surface area contributed by atoms with Crippen LogP contribution in [0.4, 0.5) is 0 Å². The highest BCUT2D eigenvalue weighted by molar-refractivity contribution is 14.0. The molecule has 2 aromatic carbocycles. The monoisotopic (exact) mass is 569 g/mol. The largest absolute Gasteiger partial charge is 0.496 e. The predicted octanol–water partition coefficient (Wildman–Crippen LogP) is 4.47. The van der Waals surface area contributed by atoms with Gasteiger partial charge in [0, 0.05) is 44.3 Å². The van der Waals surface area contributed by atoms with E-state index in [2.05, 4.69) is 46.8 Å². The van der Waals surface area contributed by atoms with E-state index < -0.39 is 0 Å². The van der Waals surface area contributed by atoms with E-state index in [1.165, 1.54) is 11.1 Å². The number of hydrogen-bond donors (Lipinski definition) is 2. The zero-order valence-electron chi connectivity index (χ0n) is 20.1. The Labute approximate surface area is 214 Å². The Morgan fingerprint density at radius 1 is 1.00 bits per heavy atom. The summed E-state index contributed by atoms with van der Waals surface area (Å²) >= 11 is 0. The van der Waals surface area contributed by atoms with Crippen molar-refractivity contribution < 1.29 is 18.9 Å². The number of rotatable bonds is 8. The van der Waals surface area contributed by atoms with Crippen molar-refractivity contribution >= 4 is 29.9 Å². The molecule has 0 saturated carbocycles. The summed E-state index contributed by atoms with van der Waals surface area (Å²) in [5, 5.41) is 6.84. The van der Waals surface area contributed by atoms with Crippen LogP contribution >= 0.6 is 24.0 Å². The van der Waals surface area contributed by atoms with Gasteiger partial charge in [0.1, 0.15) is 5.75 Å². The topological polar surface area (TPSA) is 73.3 Å². The average Bonchev–Trinajstić information content (AvgIpc) is 2.84. The van der Waals surface area contributed by atoms with E-state index in [4.69, 9.17) is 18.9 Å². The first kappa shape index (κ1) is 27.0. The third-order valence-corrected chi connectivity index (χ3v) is 5.84. The second-order valence-electron chi connectivity index (χ2n) is 7.93. The maximum Gasteiger partial charge on any atom is 0.191 e. The number of methoxy groups -OCH3 is 3. The summed E-state index contributed by atoms with van der Waals surface area (Å²) in [6.07, 6.45) is 2.29. The quantitative estimate of drug-likeness (QED) is 0.278. The Bertz CT molecular complexity index is 905. The summed E-state index contributed by atoms with van der Waals surface area (Å²) < 4.78 is 22.5. The van der Waals surface area contributed by atoms with Gasteiger partial charge in [0.25, 0.3) is 0 Å². The standard InChI is InChI=1S/C25H35N3O4.HI/c1-17-8-10-18(11-9-17)24-19(7-6-12-32-24)15-27-25(26-2)28-16-20-13-22(30-4)23(31-5)14-21(20)29-3;/h8-11,13-14,19,24H,6-7,12,15-16H2,1-5H3,(H2,26,27,28);1H. The minimum Gasteiger partial charge on any atom is -0.496 e. The van der Waals surface area contributed by atoms with Crippen LogP contribution in [0.5, 0.6) is 17.2 Å². The molecule has 0 radical (unpaired) electrons. The molecule has 8 heteroatoms. The number of guanidine groups is 1. The molecule has 1 fully saturated rings. The number of ether oxygens (including phenoxy) is 4. The highest BCUT2D eigenvalue weighted by Gasteiger charge is 2.27. The van der Waals surface area contributed by atoms with Crippen molar-refractivity contribution in [2.45, 2.75) is 32.4 Å². The van der Waals surface area contributed by atoms with Crippen LogP contribution in [0.1, 0.15) is 35.6 Å². The lowest BCUT2D eigenvalue weighted by molar-refractivity contribution is -0.0265. The molecule has 0 bridgehead atoms. The van der Waals surface area contributed by atoms with E-state index in [-0.39, 0.29) is 30.1 Å². The molecule has 3 rings (SSSR count). The van der Waals surface area contributed by atoms with Crippen molar-refractivity contribution in [2.24, 2.45) is 10.9 Å². The molecular weight excluding hydrogens is 533 g/mol. The molecule has 1 aliphatic heterocycles. The van der Waals surface area contributed by atoms with E-state index in [0.717, 1.165) is 43.3 Å². The van der Waals surface area contributed by atoms with Crippen LogP contribution in [-0.2, 0) is 11.3 Å². The summed E-state index contributed by atoms with van der Waals surface area (Å²) in [5.41, 5.74) is 3.45. The van der Waals surface area contributed by atoms with Gasteiger partial charge in [-0.05, 0) is 31.4 Å². The summed E-state index contributed by atoms with van der Waals surface area (Å²) in [6, 6.07) is 12.4. The molecule has 0 aromatic heterocycles. The molecule has 182 valence electrons. The molecule has 1 saturated heterocycles. The number of halogens is 1. The van der Waals surface area contributed by atoms with E-state index >= 15 is 0 Å². The van der Waals surface area contributed by atoms with Crippen molar-refractivity contribution in [1.82, 2.24) is 10.6 Å². The van der Waals surface area contributed by atoms with Gasteiger partial charge in [-0.1, -0.05) is 29.8 Å². The second-order valence-corrected chi connectivity index (χ2v) is 7.93. The number of benzene rings is 2. The van der Waals surface area contributed by atoms with Gasteiger partial charge >= 0.3 is 0 Å². The van der Waals surface area contributed by atoms with Crippen molar-refractivity contribution in [2.75, 3.05) is 41.5 Å². The molecule has 33 heavy (non-hydrogen) atoms. The molecule has 2 unspecified atom stereocenters. The normalized spacial score (nSPS) is 18.2. The SMILES string of the molecule is CN=C(NCc1cc(OC)c(OC)cc1OC)NCC1CCCOC1c1ccc(C)cc1.I. The van der Waals surface area contributed by atoms with Crippen LogP contribution in [0.3, 0.4) is 0 Å². The smallest absolute Gasteiger partial charge is 0.191 e. The van der Waals surface area contributed by atoms with Crippen molar-refractivity contribution in [3.63, 3.8) is 0 Å². The zero-order valence-corrected chi connectivity index (χ0v) is 22.5. The van der Waals surface area contributed by atoms with Gasteiger partial charge in [-0.15, -0.1) is 24.0 Å². The van der Waals surface area contributed by atoms with Crippen LogP contribution in [0, 0.1) is 12.8 Å². The molecule has 1 heterocycles. The third-order valence-electron chi connectivity index (χ3n) is 5.84. The number of nitrogens with zero attached hydrogens (tertiary/aromatic N) is 1. The van der Waals surface area contributed by atoms with Gasteiger partial charge in [0.05, 0.1) is 27.4 Å². The first-order valence-electron chi connectivity index (χ1n) is 11.0. The van der Waals surface area contributed by atoms with Gasteiger partial charge in [-0.25, -0.2) is 0 Å². The third kappa shape index (κ3) is 7.14. The van der Waals surface area contributed by atoms with Gasteiger partial charge in [0.15, 0.2) is 17.5 Å². The highest BCUT2D eigenvalue weighted by Crippen LogP contribution is 2.35. The fourth-order valence-electron chi connectivity index (χ4n) is 4.03. The van der Waals surface area contributed by atoms with Crippen LogP contribution in [0.25, 0.3) is 0 Å². The zero-order chi connectivity index (χ0) is 22.9. The van der Waals surface area contributed by atoms with E-state index in [1.54, 1.807) is 28.4 Å². The molecule has 0 aliphatic carbocycles. The van der Waals surface area contributed by atoms with Crippen molar-refractivity contribution in [3.8, 4) is 17.2 Å². The maximum absolute atomic E-state index is 6.15. The van der Waals surface area contributed by atoms with Crippen LogP contribution in [-0.4, -0.2) is 47.5 Å². The summed E-state index contributed by atoms with van der Waals surface area (Å²) in [5.74, 6) is 3.13. The summed E-state index contributed by atoms with van der Waals surface area (Å²) in [4.78, 5) is 4.39. The summed E-state index contributed by atoms with van der Waals surface area (Å²) in [6.45, 7) is 4.22. The molecule has 0 spiro atoms. The van der Waals surface area contributed by atoms with Crippen LogP contribution in [0.2, 0.25) is 0 Å². The molecular formula is C25H36IN3O4. The Hall–Kier alpha value is -2.20. The fourth-order valence-corrected chi connectivity index (χ4v) is 4.03. The second kappa shape index (κ2) is 13.5. The van der Waals surface area contributed by atoms with Gasteiger partial charge in [-0.3, -0.25) is 4.99 Å². The van der Waals surface area contributed by atoms with Crippen molar-refractivity contribution in [1.29, 1.82) is 0 Å². The van der Waals surface area contributed by atoms with Crippen molar-refractivity contribution in [3.05, 3.63) is 53.1 Å². The van der Waals surface area contributed by atoms with E-state index in [0.29, 0.717) is 24.0 Å². The minimum atomic E-state index is 0. The number of hydrogen-bond acceptors (Lipinski definition) is 5. The van der Waals surface area contributed by atoms with Gasteiger partial charge in [0.2, 0.25) is 0 Å². The first-order chi connectivity index (χ1) is 15.6. The predicted molar refractivity (Wildman–Crippen MR) is 142 cm³/mol. The Morgan fingerprint density at radius 3 is 2.30 bits per heavy atom. The fraction of sp³-hybridized carbons (Fsp3) is 0.480. The molecule has 2 atom stereocenters. The Balaban J connectivity index is 0.00000385. The van der Waals surface area contributed by atoms with Crippen LogP contribution in [0.15, 0.2) is 41.4 Å². The molecule has 2 N–H and O–H groups in total. The van der Waals surface area contributed by atoms with Gasteiger partial charge < -0.3 is 29.6 Å². The van der Waals surface area contributed by atoms with E-state index in [9.17, 15) is 0 Å². The number of nitrogens with one attached hydrogen (secondary N) is 2. The Kier molecular flexibility index (Phi) is 11.1. The molecule has 1 aliphatic rings.